The standard InChI is InChI=1S/C12H20N4O/c1-9-12(14-11-5-4-6-13-11)10(2)16(15-9)7-8-17-3/h4-8H2,1-3H3,(H,13,14). The van der Waals surface area contributed by atoms with Crippen molar-refractivity contribution in [1.29, 1.82) is 0 Å². The average molecular weight is 236 g/mol. The van der Waals surface area contributed by atoms with Gasteiger partial charge in [-0.1, -0.05) is 0 Å². The molecule has 0 amide bonds. The Morgan fingerprint density at radius 3 is 2.88 bits per heavy atom. The Hall–Kier alpha value is -1.36. The first-order chi connectivity index (χ1) is 8.22. The minimum absolute atomic E-state index is 0.683. The van der Waals surface area contributed by atoms with Crippen LogP contribution < -0.4 is 5.32 Å². The van der Waals surface area contributed by atoms with E-state index in [1.165, 1.54) is 0 Å². The number of nitrogens with zero attached hydrogens (tertiary/aromatic N) is 3. The summed E-state index contributed by atoms with van der Waals surface area (Å²) in [4.78, 5) is 4.43. The van der Waals surface area contributed by atoms with Crippen molar-refractivity contribution in [2.24, 2.45) is 4.99 Å². The van der Waals surface area contributed by atoms with Crippen molar-refractivity contribution in [3.05, 3.63) is 11.4 Å². The first-order valence-corrected chi connectivity index (χ1v) is 6.05. The average Bonchev–Trinajstić information content (AvgIpc) is 2.90. The summed E-state index contributed by atoms with van der Waals surface area (Å²) in [7, 11) is 1.71. The quantitative estimate of drug-likeness (QED) is 0.866. The minimum Gasteiger partial charge on any atom is -0.383 e. The number of aryl methyl sites for hydroxylation is 1. The normalized spacial score (nSPS) is 15.1. The van der Waals surface area contributed by atoms with E-state index in [4.69, 9.17) is 4.74 Å². The maximum atomic E-state index is 5.08. The number of anilines is 1. The number of aliphatic imine (C=N–C) groups is 1. The van der Waals surface area contributed by atoms with Crippen molar-refractivity contribution < 1.29 is 4.74 Å². The molecule has 1 aliphatic rings. The Balaban J connectivity index is 2.13. The third-order valence-electron chi connectivity index (χ3n) is 3.03. The van der Waals surface area contributed by atoms with Crippen LogP contribution >= 0.6 is 0 Å². The van der Waals surface area contributed by atoms with Crippen molar-refractivity contribution in [3.8, 4) is 0 Å². The number of nitrogens with one attached hydrogen (secondary N) is 1. The fourth-order valence-electron chi connectivity index (χ4n) is 2.06. The molecule has 2 heterocycles. The third-order valence-corrected chi connectivity index (χ3v) is 3.03. The van der Waals surface area contributed by atoms with Crippen LogP contribution in [0.15, 0.2) is 4.99 Å². The summed E-state index contributed by atoms with van der Waals surface area (Å²) >= 11 is 0. The Kier molecular flexibility index (Phi) is 3.78. The Morgan fingerprint density at radius 2 is 2.24 bits per heavy atom. The lowest BCUT2D eigenvalue weighted by Gasteiger charge is -2.07. The van der Waals surface area contributed by atoms with Gasteiger partial charge in [0.15, 0.2) is 0 Å². The van der Waals surface area contributed by atoms with Crippen LogP contribution in [0.1, 0.15) is 24.2 Å². The maximum absolute atomic E-state index is 5.08. The molecule has 0 aliphatic carbocycles. The van der Waals surface area contributed by atoms with Crippen LogP contribution in [0.25, 0.3) is 0 Å². The molecule has 0 atom stereocenters. The molecular formula is C12H20N4O. The monoisotopic (exact) mass is 236 g/mol. The molecule has 0 radical (unpaired) electrons. The summed E-state index contributed by atoms with van der Waals surface area (Å²) in [6.07, 6.45) is 2.19. The molecule has 94 valence electrons. The number of aromatic nitrogens is 2. The van der Waals surface area contributed by atoms with Crippen LogP contribution in [0.5, 0.6) is 0 Å². The summed E-state index contributed by atoms with van der Waals surface area (Å²) in [6.45, 7) is 6.51. The van der Waals surface area contributed by atoms with E-state index in [0.717, 1.165) is 48.8 Å². The molecule has 1 N–H and O–H groups in total. The molecular weight excluding hydrogens is 216 g/mol. The van der Waals surface area contributed by atoms with Crippen LogP contribution in [0, 0.1) is 13.8 Å². The SMILES string of the molecule is COCCn1nc(C)c(NC2=NCCC2)c1C. The van der Waals surface area contributed by atoms with Gasteiger partial charge in [-0.2, -0.15) is 5.10 Å². The van der Waals surface area contributed by atoms with Gasteiger partial charge in [-0.05, 0) is 20.3 Å². The fraction of sp³-hybridized carbons (Fsp3) is 0.667. The molecule has 1 aromatic heterocycles. The van der Waals surface area contributed by atoms with Gasteiger partial charge in [-0.3, -0.25) is 9.67 Å². The molecule has 2 rings (SSSR count). The first kappa shape index (κ1) is 12.1. The van der Waals surface area contributed by atoms with E-state index in [2.05, 4.69) is 22.3 Å². The van der Waals surface area contributed by atoms with Gasteiger partial charge in [-0.15, -0.1) is 0 Å². The number of methoxy groups -OCH3 is 1. The molecule has 1 aromatic rings. The number of ether oxygens (including phenoxy) is 1. The molecule has 1 aliphatic heterocycles. The van der Waals surface area contributed by atoms with Gasteiger partial charge in [0, 0.05) is 20.1 Å². The second kappa shape index (κ2) is 5.31. The largest absolute Gasteiger partial charge is 0.383 e. The molecule has 0 fully saturated rings. The second-order valence-electron chi connectivity index (χ2n) is 4.32. The van der Waals surface area contributed by atoms with E-state index < -0.39 is 0 Å². The summed E-state index contributed by atoms with van der Waals surface area (Å²) in [5.41, 5.74) is 3.27. The first-order valence-electron chi connectivity index (χ1n) is 6.05. The molecule has 0 spiro atoms. The molecule has 0 bridgehead atoms. The van der Waals surface area contributed by atoms with E-state index in [1.54, 1.807) is 7.11 Å². The van der Waals surface area contributed by atoms with Crippen molar-refractivity contribution in [3.63, 3.8) is 0 Å². The maximum Gasteiger partial charge on any atom is 0.101 e. The van der Waals surface area contributed by atoms with Gasteiger partial charge in [0.1, 0.15) is 5.84 Å². The highest BCUT2D eigenvalue weighted by Crippen LogP contribution is 2.20. The lowest BCUT2D eigenvalue weighted by molar-refractivity contribution is 0.182. The van der Waals surface area contributed by atoms with Crippen molar-refractivity contribution >= 4 is 11.5 Å². The summed E-state index contributed by atoms with van der Waals surface area (Å²) in [5.74, 6) is 1.09. The molecule has 17 heavy (non-hydrogen) atoms. The molecule has 0 saturated heterocycles. The van der Waals surface area contributed by atoms with E-state index in [9.17, 15) is 0 Å². The van der Waals surface area contributed by atoms with E-state index in [-0.39, 0.29) is 0 Å². The zero-order chi connectivity index (χ0) is 12.3. The number of hydrogen-bond donors (Lipinski definition) is 1. The Labute approximate surface area is 102 Å². The lowest BCUT2D eigenvalue weighted by Crippen LogP contribution is -2.11. The van der Waals surface area contributed by atoms with Crippen LogP contribution in [0.4, 0.5) is 5.69 Å². The lowest BCUT2D eigenvalue weighted by atomic mass is 10.3. The highest BCUT2D eigenvalue weighted by atomic mass is 16.5. The fourth-order valence-corrected chi connectivity index (χ4v) is 2.06. The zero-order valence-corrected chi connectivity index (χ0v) is 10.8. The molecule has 0 aromatic carbocycles. The van der Waals surface area contributed by atoms with Gasteiger partial charge < -0.3 is 10.1 Å². The minimum atomic E-state index is 0.683. The molecule has 0 saturated carbocycles. The van der Waals surface area contributed by atoms with E-state index in [1.807, 2.05) is 11.6 Å². The van der Waals surface area contributed by atoms with Gasteiger partial charge >= 0.3 is 0 Å². The summed E-state index contributed by atoms with van der Waals surface area (Å²) < 4.78 is 7.06. The predicted octanol–water partition coefficient (Wildman–Crippen LogP) is 1.75. The Morgan fingerprint density at radius 1 is 1.41 bits per heavy atom. The number of amidine groups is 1. The third kappa shape index (κ3) is 2.66. The van der Waals surface area contributed by atoms with Crippen LogP contribution in [-0.2, 0) is 11.3 Å². The van der Waals surface area contributed by atoms with Gasteiger partial charge in [-0.25, -0.2) is 0 Å². The van der Waals surface area contributed by atoms with Crippen molar-refractivity contribution in [2.75, 3.05) is 25.6 Å². The molecule has 5 heteroatoms. The van der Waals surface area contributed by atoms with Crippen LogP contribution in [-0.4, -0.2) is 35.9 Å². The van der Waals surface area contributed by atoms with Crippen LogP contribution in [0.2, 0.25) is 0 Å². The number of hydrogen-bond acceptors (Lipinski definition) is 4. The summed E-state index contributed by atoms with van der Waals surface area (Å²) in [5, 5.41) is 7.91. The predicted molar refractivity (Wildman–Crippen MR) is 68.7 cm³/mol. The number of rotatable bonds is 4. The highest BCUT2D eigenvalue weighted by molar-refractivity contribution is 5.97. The Bertz CT molecular complexity index is 422. The van der Waals surface area contributed by atoms with Gasteiger partial charge in [0.05, 0.1) is 30.2 Å². The second-order valence-corrected chi connectivity index (χ2v) is 4.32. The zero-order valence-electron chi connectivity index (χ0n) is 10.8. The smallest absolute Gasteiger partial charge is 0.101 e. The molecule has 5 nitrogen and oxygen atoms in total. The topological polar surface area (TPSA) is 51.4 Å². The van der Waals surface area contributed by atoms with Gasteiger partial charge in [0.25, 0.3) is 0 Å². The van der Waals surface area contributed by atoms with Gasteiger partial charge in [0.2, 0.25) is 0 Å². The van der Waals surface area contributed by atoms with E-state index >= 15 is 0 Å². The van der Waals surface area contributed by atoms with Crippen molar-refractivity contribution in [2.45, 2.75) is 33.2 Å². The van der Waals surface area contributed by atoms with Crippen LogP contribution in [0.3, 0.4) is 0 Å². The van der Waals surface area contributed by atoms with Crippen molar-refractivity contribution in [1.82, 2.24) is 9.78 Å². The summed E-state index contributed by atoms with van der Waals surface area (Å²) in [6, 6.07) is 0. The molecule has 0 unspecified atom stereocenters. The van der Waals surface area contributed by atoms with E-state index in [0.29, 0.717) is 6.61 Å². The highest BCUT2D eigenvalue weighted by Gasteiger charge is 2.14.